The monoisotopic (exact) mass is 251 g/mol. The van der Waals surface area contributed by atoms with E-state index in [4.69, 9.17) is 4.74 Å². The summed E-state index contributed by atoms with van der Waals surface area (Å²) in [5.41, 5.74) is 0. The van der Waals surface area contributed by atoms with Gasteiger partial charge < -0.3 is 14.4 Å². The van der Waals surface area contributed by atoms with Gasteiger partial charge in [-0.1, -0.05) is 15.9 Å². The van der Waals surface area contributed by atoms with Gasteiger partial charge in [-0.25, -0.2) is 4.79 Å². The molecule has 1 aliphatic heterocycles. The van der Waals surface area contributed by atoms with Crippen molar-refractivity contribution in [3.05, 3.63) is 0 Å². The van der Waals surface area contributed by atoms with Crippen molar-refractivity contribution in [2.75, 3.05) is 26.8 Å². The Labute approximate surface area is 84.1 Å². The fourth-order valence-corrected chi connectivity index (χ4v) is 1.52. The molecule has 0 saturated carbocycles. The van der Waals surface area contributed by atoms with Crippen molar-refractivity contribution in [1.82, 2.24) is 4.90 Å². The first kappa shape index (κ1) is 10.3. The van der Waals surface area contributed by atoms with E-state index in [1.54, 1.807) is 0 Å². The molecule has 1 rings (SSSR count). The van der Waals surface area contributed by atoms with Crippen LogP contribution >= 0.6 is 15.9 Å². The number of cyclic esters (lactones) is 1. The second-order valence-electron chi connectivity index (χ2n) is 2.55. The molecule has 13 heavy (non-hydrogen) atoms. The van der Waals surface area contributed by atoms with Gasteiger partial charge in [0.2, 0.25) is 0 Å². The zero-order chi connectivity index (χ0) is 9.84. The van der Waals surface area contributed by atoms with Crippen molar-refractivity contribution in [1.29, 1.82) is 0 Å². The molecule has 6 heteroatoms. The minimum Gasteiger partial charge on any atom is -0.468 e. The van der Waals surface area contributed by atoms with Crippen molar-refractivity contribution in [2.24, 2.45) is 0 Å². The quantitative estimate of drug-likeness (QED) is 0.538. The van der Waals surface area contributed by atoms with E-state index >= 15 is 0 Å². The van der Waals surface area contributed by atoms with Gasteiger partial charge in [0, 0.05) is 6.54 Å². The molecule has 1 saturated heterocycles. The Morgan fingerprint density at radius 3 is 3.00 bits per heavy atom. The number of esters is 1. The molecule has 5 nitrogen and oxygen atoms in total. The van der Waals surface area contributed by atoms with Crippen LogP contribution in [0.5, 0.6) is 0 Å². The van der Waals surface area contributed by atoms with E-state index in [9.17, 15) is 9.59 Å². The third-order valence-electron chi connectivity index (χ3n) is 1.68. The van der Waals surface area contributed by atoms with Crippen LogP contribution in [-0.4, -0.2) is 48.6 Å². The molecule has 0 bridgehead atoms. The highest BCUT2D eigenvalue weighted by molar-refractivity contribution is 9.10. The van der Waals surface area contributed by atoms with Crippen LogP contribution in [0.1, 0.15) is 0 Å². The van der Waals surface area contributed by atoms with Crippen LogP contribution in [0.15, 0.2) is 0 Å². The maximum absolute atomic E-state index is 11.0. The smallest absolute Gasteiger partial charge is 0.409 e. The van der Waals surface area contributed by atoms with E-state index in [2.05, 4.69) is 20.7 Å². The van der Waals surface area contributed by atoms with Crippen molar-refractivity contribution >= 4 is 28.0 Å². The molecular weight excluding hydrogens is 242 g/mol. The summed E-state index contributed by atoms with van der Waals surface area (Å²) in [5.74, 6) is -0.389. The number of halogens is 1. The van der Waals surface area contributed by atoms with Crippen LogP contribution < -0.4 is 0 Å². The van der Waals surface area contributed by atoms with Gasteiger partial charge in [-0.15, -0.1) is 0 Å². The van der Waals surface area contributed by atoms with Gasteiger partial charge in [0.05, 0.1) is 13.7 Å². The minimum atomic E-state index is -0.483. The molecule has 1 aliphatic rings. The molecule has 0 radical (unpaired) electrons. The first-order valence-corrected chi connectivity index (χ1v) is 4.70. The molecule has 0 N–H and O–H groups in total. The lowest BCUT2D eigenvalue weighted by Crippen LogP contribution is -2.34. The molecule has 0 aromatic rings. The summed E-state index contributed by atoms with van der Waals surface area (Å²) < 4.78 is 9.19. The van der Waals surface area contributed by atoms with Gasteiger partial charge in [0.1, 0.15) is 11.4 Å². The van der Waals surface area contributed by atoms with Gasteiger partial charge in [-0.2, -0.15) is 0 Å². The predicted octanol–water partition coefficient (Wildman–Crippen LogP) is 0.375. The highest BCUT2D eigenvalue weighted by Crippen LogP contribution is 2.09. The Morgan fingerprint density at radius 2 is 2.54 bits per heavy atom. The standard InChI is InChI=1S/C7H10BrNO4/c1-12-6(10)5(8)4-9-2-3-13-7(9)11/h5H,2-4H2,1H3. The van der Waals surface area contributed by atoms with E-state index < -0.39 is 4.83 Å². The Kier molecular flexibility index (Phi) is 3.53. The molecule has 0 aliphatic carbocycles. The fourth-order valence-electron chi connectivity index (χ4n) is 0.987. The van der Waals surface area contributed by atoms with Crippen molar-refractivity contribution < 1.29 is 19.1 Å². The number of alkyl halides is 1. The highest BCUT2D eigenvalue weighted by atomic mass is 79.9. The summed E-state index contributed by atoms with van der Waals surface area (Å²) in [4.78, 5) is 22.9. The van der Waals surface area contributed by atoms with Gasteiger partial charge in [-0.05, 0) is 0 Å². The molecule has 1 atom stereocenters. The van der Waals surface area contributed by atoms with Crippen molar-refractivity contribution in [3.63, 3.8) is 0 Å². The molecule has 1 heterocycles. The molecule has 0 aromatic carbocycles. The first-order valence-electron chi connectivity index (χ1n) is 3.78. The predicted molar refractivity (Wildman–Crippen MR) is 47.7 cm³/mol. The number of rotatable bonds is 3. The molecule has 1 fully saturated rings. The van der Waals surface area contributed by atoms with E-state index in [0.717, 1.165) is 0 Å². The number of carbonyl (C=O) groups excluding carboxylic acids is 2. The number of methoxy groups -OCH3 is 1. The summed E-state index contributed by atoms with van der Waals surface area (Å²) in [6.07, 6.45) is -0.381. The first-order chi connectivity index (χ1) is 6.15. The van der Waals surface area contributed by atoms with Crippen LogP contribution in [0.3, 0.4) is 0 Å². The van der Waals surface area contributed by atoms with Crippen LogP contribution in [0.2, 0.25) is 0 Å². The Bertz CT molecular complexity index is 221. The van der Waals surface area contributed by atoms with Gasteiger partial charge in [0.25, 0.3) is 0 Å². The Balaban J connectivity index is 2.39. The Hall–Kier alpha value is -0.780. The number of hydrogen-bond acceptors (Lipinski definition) is 4. The third kappa shape index (κ3) is 2.58. The third-order valence-corrected chi connectivity index (χ3v) is 2.35. The molecule has 74 valence electrons. The van der Waals surface area contributed by atoms with Gasteiger partial charge in [0.15, 0.2) is 0 Å². The zero-order valence-electron chi connectivity index (χ0n) is 7.16. The fraction of sp³-hybridized carbons (Fsp3) is 0.714. The summed E-state index contributed by atoms with van der Waals surface area (Å²) >= 11 is 3.12. The second kappa shape index (κ2) is 4.45. The number of carbonyl (C=O) groups is 2. The maximum Gasteiger partial charge on any atom is 0.409 e. The van der Waals surface area contributed by atoms with Crippen LogP contribution in [0.25, 0.3) is 0 Å². The van der Waals surface area contributed by atoms with E-state index in [-0.39, 0.29) is 18.6 Å². The average Bonchev–Trinajstić information content (AvgIpc) is 2.50. The average molecular weight is 252 g/mol. The molecule has 1 amide bonds. The summed E-state index contributed by atoms with van der Waals surface area (Å²) in [6.45, 7) is 1.20. The summed E-state index contributed by atoms with van der Waals surface area (Å²) in [5, 5.41) is 0. The zero-order valence-corrected chi connectivity index (χ0v) is 8.74. The molecule has 0 aromatic heterocycles. The lowest BCUT2D eigenvalue weighted by atomic mass is 10.4. The summed E-state index contributed by atoms with van der Waals surface area (Å²) in [6, 6.07) is 0. The lowest BCUT2D eigenvalue weighted by molar-refractivity contribution is -0.139. The highest BCUT2D eigenvalue weighted by Gasteiger charge is 2.27. The number of hydrogen-bond donors (Lipinski definition) is 0. The van der Waals surface area contributed by atoms with Gasteiger partial charge in [-0.3, -0.25) is 4.79 Å². The van der Waals surface area contributed by atoms with Gasteiger partial charge >= 0.3 is 12.1 Å². The molecule has 1 unspecified atom stereocenters. The SMILES string of the molecule is COC(=O)C(Br)CN1CCOC1=O. The van der Waals surface area contributed by atoms with E-state index in [1.807, 2.05) is 0 Å². The van der Waals surface area contributed by atoms with E-state index in [0.29, 0.717) is 13.2 Å². The topological polar surface area (TPSA) is 55.8 Å². The number of ether oxygens (including phenoxy) is 2. The van der Waals surface area contributed by atoms with Crippen LogP contribution in [0.4, 0.5) is 4.79 Å². The van der Waals surface area contributed by atoms with Crippen LogP contribution in [0, 0.1) is 0 Å². The van der Waals surface area contributed by atoms with E-state index in [1.165, 1.54) is 12.0 Å². The number of amides is 1. The second-order valence-corrected chi connectivity index (χ2v) is 3.66. The molecule has 0 spiro atoms. The largest absolute Gasteiger partial charge is 0.468 e. The maximum atomic E-state index is 11.0. The Morgan fingerprint density at radius 1 is 1.85 bits per heavy atom. The normalized spacial score (nSPS) is 18.3. The minimum absolute atomic E-state index is 0.283. The van der Waals surface area contributed by atoms with Crippen molar-refractivity contribution in [2.45, 2.75) is 4.83 Å². The van der Waals surface area contributed by atoms with Crippen LogP contribution in [-0.2, 0) is 14.3 Å². The lowest BCUT2D eigenvalue weighted by Gasteiger charge is -2.15. The van der Waals surface area contributed by atoms with Crippen molar-refractivity contribution in [3.8, 4) is 0 Å². The molecular formula is C7H10BrNO4. The summed E-state index contributed by atoms with van der Waals surface area (Å²) in [7, 11) is 1.30. The number of nitrogens with zero attached hydrogens (tertiary/aromatic N) is 1.